The third kappa shape index (κ3) is 3.92. The van der Waals surface area contributed by atoms with Crippen LogP contribution in [0.1, 0.15) is 13.3 Å². The molecule has 0 rings (SSSR count). The summed E-state index contributed by atoms with van der Waals surface area (Å²) >= 11 is 3.18. The van der Waals surface area contributed by atoms with Crippen LogP contribution in [-0.4, -0.2) is 25.3 Å². The topological polar surface area (TPSA) is 34.1 Å². The second-order valence-electron chi connectivity index (χ2n) is 2.12. The summed E-state index contributed by atoms with van der Waals surface area (Å²) in [5.41, 5.74) is 0. The van der Waals surface area contributed by atoms with E-state index >= 15 is 0 Å². The number of alkyl halides is 1. The summed E-state index contributed by atoms with van der Waals surface area (Å²) in [5, 5.41) is 0.540. The first kappa shape index (κ1) is 9.43. The van der Waals surface area contributed by atoms with Crippen LogP contribution in [0.2, 0.25) is 0 Å². The van der Waals surface area contributed by atoms with Crippen LogP contribution < -0.4 is 0 Å². The molecule has 2 nitrogen and oxygen atoms in total. The fourth-order valence-corrected chi connectivity index (χ4v) is 1.90. The molecule has 0 aromatic rings. The van der Waals surface area contributed by atoms with E-state index in [4.69, 9.17) is 0 Å². The smallest absolute Gasteiger partial charge is 0.150 e. The van der Waals surface area contributed by atoms with E-state index in [1.54, 1.807) is 6.92 Å². The zero-order valence-electron chi connectivity index (χ0n) is 5.59. The summed E-state index contributed by atoms with van der Waals surface area (Å²) in [6.45, 7) is 1.72. The monoisotopic (exact) mass is 214 g/mol. The van der Waals surface area contributed by atoms with Gasteiger partial charge in [-0.1, -0.05) is 15.9 Å². The van der Waals surface area contributed by atoms with E-state index in [2.05, 4.69) is 15.9 Å². The van der Waals surface area contributed by atoms with Crippen LogP contribution in [0, 0.1) is 0 Å². The Bertz CT molecular complexity index is 162. The molecule has 0 heterocycles. The average Bonchev–Trinajstić information content (AvgIpc) is 1.64. The van der Waals surface area contributed by atoms with Gasteiger partial charge in [-0.3, -0.25) is 0 Å². The van der Waals surface area contributed by atoms with E-state index in [9.17, 15) is 8.42 Å². The molecule has 0 aromatic carbocycles. The van der Waals surface area contributed by atoms with Gasteiger partial charge in [-0.2, -0.15) is 0 Å². The van der Waals surface area contributed by atoms with Crippen LogP contribution >= 0.6 is 15.9 Å². The van der Waals surface area contributed by atoms with Crippen molar-refractivity contribution in [2.75, 3.05) is 11.6 Å². The molecule has 0 aliphatic rings. The first-order valence-electron chi connectivity index (χ1n) is 2.73. The Balaban J connectivity index is 3.90. The van der Waals surface area contributed by atoms with Gasteiger partial charge < -0.3 is 0 Å². The van der Waals surface area contributed by atoms with Gasteiger partial charge in [-0.15, -0.1) is 0 Å². The quantitative estimate of drug-likeness (QED) is 0.663. The fraction of sp³-hybridized carbons (Fsp3) is 1.00. The molecule has 0 fully saturated rings. The number of halogens is 1. The molecule has 0 amide bonds. The van der Waals surface area contributed by atoms with Crippen molar-refractivity contribution in [2.24, 2.45) is 0 Å². The van der Waals surface area contributed by atoms with Crippen LogP contribution in [0.4, 0.5) is 0 Å². The molecule has 0 N–H and O–H groups in total. The summed E-state index contributed by atoms with van der Waals surface area (Å²) in [6, 6.07) is 0. The highest BCUT2D eigenvalue weighted by molar-refractivity contribution is 9.09. The molecule has 0 bridgehead atoms. The Morgan fingerprint density at radius 2 is 2.00 bits per heavy atom. The summed E-state index contributed by atoms with van der Waals surface area (Å²) in [4.78, 5) is 0. The van der Waals surface area contributed by atoms with Gasteiger partial charge in [-0.05, 0) is 13.3 Å². The molecule has 9 heavy (non-hydrogen) atoms. The molecule has 0 aliphatic carbocycles. The molecule has 0 saturated carbocycles. The van der Waals surface area contributed by atoms with Crippen molar-refractivity contribution in [3.63, 3.8) is 0 Å². The SMILES string of the molecule is CC(CCBr)S(C)(=O)=O. The second-order valence-corrected chi connectivity index (χ2v) is 5.37. The van der Waals surface area contributed by atoms with Crippen LogP contribution in [0.15, 0.2) is 0 Å². The molecule has 0 aromatic heterocycles. The first-order valence-corrected chi connectivity index (χ1v) is 5.81. The minimum absolute atomic E-state index is 0.211. The van der Waals surface area contributed by atoms with Gasteiger partial charge in [0.15, 0.2) is 0 Å². The van der Waals surface area contributed by atoms with E-state index in [-0.39, 0.29) is 5.25 Å². The number of hydrogen-bond acceptors (Lipinski definition) is 2. The predicted molar refractivity (Wildman–Crippen MR) is 42.7 cm³/mol. The van der Waals surface area contributed by atoms with E-state index in [1.807, 2.05) is 0 Å². The molecule has 1 unspecified atom stereocenters. The summed E-state index contributed by atoms with van der Waals surface area (Å²) in [7, 11) is -2.79. The van der Waals surface area contributed by atoms with Gasteiger partial charge >= 0.3 is 0 Å². The Hall–Kier alpha value is 0.430. The Morgan fingerprint density at radius 1 is 1.56 bits per heavy atom. The highest BCUT2D eigenvalue weighted by atomic mass is 79.9. The lowest BCUT2D eigenvalue weighted by Crippen LogP contribution is -2.15. The zero-order valence-corrected chi connectivity index (χ0v) is 8.00. The summed E-state index contributed by atoms with van der Waals surface area (Å²) < 4.78 is 21.4. The van der Waals surface area contributed by atoms with Crippen LogP contribution in [-0.2, 0) is 9.84 Å². The van der Waals surface area contributed by atoms with Crippen LogP contribution in [0.25, 0.3) is 0 Å². The summed E-state index contributed by atoms with van der Waals surface area (Å²) in [6.07, 6.45) is 1.96. The van der Waals surface area contributed by atoms with Crippen molar-refractivity contribution >= 4 is 25.8 Å². The molecule has 0 spiro atoms. The number of rotatable bonds is 3. The fourth-order valence-electron chi connectivity index (χ4n) is 0.368. The maximum absolute atomic E-state index is 10.7. The lowest BCUT2D eigenvalue weighted by molar-refractivity contribution is 0.588. The minimum atomic E-state index is -2.79. The van der Waals surface area contributed by atoms with E-state index in [0.29, 0.717) is 6.42 Å². The van der Waals surface area contributed by atoms with Crippen molar-refractivity contribution < 1.29 is 8.42 Å². The van der Waals surface area contributed by atoms with Crippen molar-refractivity contribution in [3.8, 4) is 0 Å². The predicted octanol–water partition coefficient (Wildman–Crippen LogP) is 1.20. The van der Waals surface area contributed by atoms with Crippen molar-refractivity contribution in [1.82, 2.24) is 0 Å². The van der Waals surface area contributed by atoms with E-state index < -0.39 is 9.84 Å². The average molecular weight is 215 g/mol. The number of sulfone groups is 1. The van der Waals surface area contributed by atoms with Gasteiger partial charge in [0.25, 0.3) is 0 Å². The normalized spacial score (nSPS) is 15.4. The molecular weight excluding hydrogens is 204 g/mol. The van der Waals surface area contributed by atoms with Crippen LogP contribution in [0.5, 0.6) is 0 Å². The van der Waals surface area contributed by atoms with Gasteiger partial charge in [0, 0.05) is 11.6 Å². The Kier molecular flexibility index (Phi) is 3.73. The Labute approximate surface area is 64.7 Å². The van der Waals surface area contributed by atoms with Crippen molar-refractivity contribution in [3.05, 3.63) is 0 Å². The molecule has 0 radical (unpaired) electrons. The van der Waals surface area contributed by atoms with E-state index in [0.717, 1.165) is 5.33 Å². The lowest BCUT2D eigenvalue weighted by Gasteiger charge is -2.04. The maximum atomic E-state index is 10.7. The molecular formula is C5H11BrO2S. The third-order valence-electron chi connectivity index (χ3n) is 1.25. The molecule has 4 heteroatoms. The van der Waals surface area contributed by atoms with Crippen molar-refractivity contribution in [2.45, 2.75) is 18.6 Å². The zero-order chi connectivity index (χ0) is 7.49. The third-order valence-corrected chi connectivity index (χ3v) is 3.40. The standard InChI is InChI=1S/C5H11BrO2S/c1-5(3-4-6)9(2,7)8/h5H,3-4H2,1-2H3. The summed E-state index contributed by atoms with van der Waals surface area (Å²) in [5.74, 6) is 0. The second kappa shape index (κ2) is 3.56. The van der Waals surface area contributed by atoms with Gasteiger partial charge in [-0.25, -0.2) is 8.42 Å². The van der Waals surface area contributed by atoms with Gasteiger partial charge in [0.2, 0.25) is 0 Å². The van der Waals surface area contributed by atoms with Gasteiger partial charge in [0.05, 0.1) is 5.25 Å². The lowest BCUT2D eigenvalue weighted by atomic mass is 10.4. The molecule has 0 saturated heterocycles. The largest absolute Gasteiger partial charge is 0.229 e. The maximum Gasteiger partial charge on any atom is 0.150 e. The minimum Gasteiger partial charge on any atom is -0.229 e. The van der Waals surface area contributed by atoms with Gasteiger partial charge in [0.1, 0.15) is 9.84 Å². The first-order chi connectivity index (χ1) is 3.98. The van der Waals surface area contributed by atoms with Crippen molar-refractivity contribution in [1.29, 1.82) is 0 Å². The molecule has 1 atom stereocenters. The Morgan fingerprint density at radius 3 is 2.11 bits per heavy atom. The highest BCUT2D eigenvalue weighted by Gasteiger charge is 2.12. The van der Waals surface area contributed by atoms with Crippen LogP contribution in [0.3, 0.4) is 0 Å². The number of hydrogen-bond donors (Lipinski definition) is 0. The highest BCUT2D eigenvalue weighted by Crippen LogP contribution is 2.04. The van der Waals surface area contributed by atoms with E-state index in [1.165, 1.54) is 6.26 Å². The molecule has 56 valence electrons. The molecule has 0 aliphatic heterocycles.